The van der Waals surface area contributed by atoms with Crippen molar-refractivity contribution in [3.05, 3.63) is 38.9 Å². The average molecular weight is 372 g/mol. The number of hydrogen-bond donors (Lipinski definition) is 1. The molecule has 6 heteroatoms. The number of aromatic nitrogens is 2. The van der Waals surface area contributed by atoms with E-state index in [1.165, 1.54) is 30.3 Å². The smallest absolute Gasteiger partial charge is 0.262 e. The molecular weight excluding hydrogens is 346 g/mol. The van der Waals surface area contributed by atoms with Gasteiger partial charge in [0, 0.05) is 24.7 Å². The Hall–Kier alpha value is -1.95. The Kier molecular flexibility index (Phi) is 4.69. The van der Waals surface area contributed by atoms with Crippen LogP contribution in [-0.2, 0) is 6.54 Å². The van der Waals surface area contributed by atoms with Gasteiger partial charge in [-0.2, -0.15) is 0 Å². The van der Waals surface area contributed by atoms with Gasteiger partial charge in [0.25, 0.3) is 11.5 Å². The summed E-state index contributed by atoms with van der Waals surface area (Å²) >= 11 is 5.29. The highest BCUT2D eigenvalue weighted by Crippen LogP contribution is 2.36. The molecule has 2 aliphatic rings. The lowest BCUT2D eigenvalue weighted by Crippen LogP contribution is -2.49. The van der Waals surface area contributed by atoms with Crippen LogP contribution in [0.2, 0.25) is 0 Å². The maximum absolute atomic E-state index is 13.2. The molecule has 2 aromatic rings. The third kappa shape index (κ3) is 2.90. The van der Waals surface area contributed by atoms with E-state index >= 15 is 0 Å². The van der Waals surface area contributed by atoms with Crippen LogP contribution in [0.3, 0.4) is 0 Å². The van der Waals surface area contributed by atoms with Crippen molar-refractivity contribution in [3.63, 3.8) is 0 Å². The molecule has 2 atom stereocenters. The number of benzene rings is 1. The van der Waals surface area contributed by atoms with Gasteiger partial charge in [-0.05, 0) is 68.9 Å². The summed E-state index contributed by atoms with van der Waals surface area (Å²) in [7, 11) is 0. The van der Waals surface area contributed by atoms with E-state index in [2.05, 4.69) is 9.88 Å². The van der Waals surface area contributed by atoms with Gasteiger partial charge in [0.2, 0.25) is 0 Å². The van der Waals surface area contributed by atoms with Gasteiger partial charge in [0.15, 0.2) is 4.77 Å². The van der Waals surface area contributed by atoms with Crippen LogP contribution in [0.15, 0.2) is 23.0 Å². The number of carbonyl (C=O) groups excluding carboxylic acids is 1. The largest absolute Gasteiger partial charge is 0.335 e. The monoisotopic (exact) mass is 371 g/mol. The van der Waals surface area contributed by atoms with Crippen molar-refractivity contribution >= 4 is 29.0 Å². The molecule has 138 valence electrons. The molecule has 2 heterocycles. The molecule has 5 nitrogen and oxygen atoms in total. The van der Waals surface area contributed by atoms with Crippen LogP contribution in [0, 0.1) is 10.7 Å². The van der Waals surface area contributed by atoms with Crippen LogP contribution in [0.5, 0.6) is 0 Å². The highest BCUT2D eigenvalue weighted by molar-refractivity contribution is 7.71. The van der Waals surface area contributed by atoms with Crippen LogP contribution < -0.4 is 5.56 Å². The SMILES string of the molecule is CCn1c(=S)[nH]c2cc(C(=O)N3CCCC4CCCCC43)ccc2c1=O. The predicted octanol–water partition coefficient (Wildman–Crippen LogP) is 3.87. The zero-order valence-electron chi connectivity index (χ0n) is 15.2. The summed E-state index contributed by atoms with van der Waals surface area (Å²) in [5.74, 6) is 0.743. The fraction of sp³-hybridized carbons (Fsp3) is 0.550. The minimum atomic E-state index is -0.101. The van der Waals surface area contributed by atoms with Crippen molar-refractivity contribution in [1.82, 2.24) is 14.5 Å². The van der Waals surface area contributed by atoms with Gasteiger partial charge in [0.1, 0.15) is 0 Å². The number of fused-ring (bicyclic) bond motifs is 2. The molecule has 1 saturated carbocycles. The zero-order chi connectivity index (χ0) is 18.3. The third-order valence-corrected chi connectivity index (χ3v) is 6.37. The van der Waals surface area contributed by atoms with Gasteiger partial charge in [-0.25, -0.2) is 0 Å². The average Bonchev–Trinajstić information content (AvgIpc) is 2.67. The molecule has 26 heavy (non-hydrogen) atoms. The summed E-state index contributed by atoms with van der Waals surface area (Å²) in [5, 5.41) is 0.575. The first-order valence-corrected chi connectivity index (χ1v) is 10.1. The molecule has 1 aliphatic heterocycles. The first kappa shape index (κ1) is 17.5. The van der Waals surface area contributed by atoms with E-state index in [1.54, 1.807) is 18.2 Å². The first-order chi connectivity index (χ1) is 12.6. The van der Waals surface area contributed by atoms with E-state index in [4.69, 9.17) is 12.2 Å². The van der Waals surface area contributed by atoms with Crippen molar-refractivity contribution in [3.8, 4) is 0 Å². The molecule has 1 aliphatic carbocycles. The number of H-pyrrole nitrogens is 1. The molecule has 1 saturated heterocycles. The van der Waals surface area contributed by atoms with Gasteiger partial charge < -0.3 is 9.88 Å². The minimum Gasteiger partial charge on any atom is -0.335 e. The summed E-state index contributed by atoms with van der Waals surface area (Å²) in [6.07, 6.45) is 7.20. The predicted molar refractivity (Wildman–Crippen MR) is 105 cm³/mol. The Morgan fingerprint density at radius 3 is 2.81 bits per heavy atom. The normalized spacial score (nSPS) is 23.0. The molecule has 2 fully saturated rings. The number of likely N-dealkylation sites (tertiary alicyclic amines) is 1. The van der Waals surface area contributed by atoms with Gasteiger partial charge in [-0.3, -0.25) is 14.2 Å². The van der Waals surface area contributed by atoms with Crippen molar-refractivity contribution in [2.45, 2.75) is 58.0 Å². The van der Waals surface area contributed by atoms with E-state index < -0.39 is 0 Å². The first-order valence-electron chi connectivity index (χ1n) is 9.68. The fourth-order valence-electron chi connectivity index (χ4n) is 4.72. The molecule has 4 rings (SSSR count). The second-order valence-corrected chi connectivity index (χ2v) is 7.88. The van der Waals surface area contributed by atoms with E-state index in [0.717, 1.165) is 19.4 Å². The molecule has 1 amide bonds. The maximum atomic E-state index is 13.2. The fourth-order valence-corrected chi connectivity index (χ4v) is 5.04. The maximum Gasteiger partial charge on any atom is 0.262 e. The summed E-state index contributed by atoms with van der Waals surface area (Å²) < 4.78 is 1.94. The second-order valence-electron chi connectivity index (χ2n) is 7.49. The number of piperidine rings is 1. The lowest BCUT2D eigenvalue weighted by molar-refractivity contribution is 0.0391. The van der Waals surface area contributed by atoms with E-state index in [0.29, 0.717) is 39.7 Å². The summed E-state index contributed by atoms with van der Waals surface area (Å²) in [5.41, 5.74) is 1.19. The molecule has 1 N–H and O–H groups in total. The van der Waals surface area contributed by atoms with Crippen molar-refractivity contribution in [1.29, 1.82) is 0 Å². The number of amides is 1. The summed E-state index contributed by atoms with van der Waals surface area (Å²) in [4.78, 5) is 30.9. The Bertz CT molecular complexity index is 960. The van der Waals surface area contributed by atoms with Crippen LogP contribution in [-0.4, -0.2) is 32.9 Å². The molecular formula is C20H25N3O2S. The van der Waals surface area contributed by atoms with E-state index in [1.807, 2.05) is 6.92 Å². The number of nitrogens with one attached hydrogen (secondary N) is 1. The Labute approximate surface area is 158 Å². The van der Waals surface area contributed by atoms with Gasteiger partial charge in [0.05, 0.1) is 10.9 Å². The lowest BCUT2D eigenvalue weighted by Gasteiger charge is -2.44. The number of carbonyl (C=O) groups is 1. The van der Waals surface area contributed by atoms with Crippen LogP contribution >= 0.6 is 12.2 Å². The highest BCUT2D eigenvalue weighted by Gasteiger charge is 2.36. The molecule has 0 bridgehead atoms. The number of aromatic amines is 1. The highest BCUT2D eigenvalue weighted by atomic mass is 32.1. The van der Waals surface area contributed by atoms with Crippen molar-refractivity contribution in [2.24, 2.45) is 5.92 Å². The number of hydrogen-bond acceptors (Lipinski definition) is 3. The standard InChI is InChI=1S/C20H25N3O2S/c1-2-22-19(25)15-10-9-14(12-16(15)21-20(22)26)18(24)23-11-5-7-13-6-3-4-8-17(13)23/h9-10,12-13,17H,2-8,11H2,1H3,(H,21,26). The molecule has 1 aromatic carbocycles. The molecule has 1 aromatic heterocycles. The molecule has 0 spiro atoms. The Balaban J connectivity index is 1.71. The third-order valence-electron chi connectivity index (χ3n) is 6.05. The second kappa shape index (κ2) is 6.99. The van der Waals surface area contributed by atoms with Crippen molar-refractivity contribution < 1.29 is 4.79 Å². The zero-order valence-corrected chi connectivity index (χ0v) is 16.0. The van der Waals surface area contributed by atoms with Crippen LogP contribution in [0.4, 0.5) is 0 Å². The van der Waals surface area contributed by atoms with E-state index in [-0.39, 0.29) is 11.5 Å². The molecule has 0 radical (unpaired) electrons. The van der Waals surface area contributed by atoms with Crippen molar-refractivity contribution in [2.75, 3.05) is 6.54 Å². The topological polar surface area (TPSA) is 58.1 Å². The number of rotatable bonds is 2. The minimum absolute atomic E-state index is 0.0856. The summed E-state index contributed by atoms with van der Waals surface area (Å²) in [6, 6.07) is 5.72. The molecule has 2 unspecified atom stereocenters. The van der Waals surface area contributed by atoms with Crippen LogP contribution in [0.25, 0.3) is 10.9 Å². The van der Waals surface area contributed by atoms with Gasteiger partial charge in [-0.15, -0.1) is 0 Å². The summed E-state index contributed by atoms with van der Waals surface area (Å²) in [6.45, 7) is 3.26. The number of nitrogens with zero attached hydrogens (tertiary/aromatic N) is 2. The quantitative estimate of drug-likeness (QED) is 0.815. The van der Waals surface area contributed by atoms with Crippen LogP contribution in [0.1, 0.15) is 55.8 Å². The lowest BCUT2D eigenvalue weighted by atomic mass is 9.78. The van der Waals surface area contributed by atoms with Gasteiger partial charge in [-0.1, -0.05) is 12.8 Å². The van der Waals surface area contributed by atoms with E-state index in [9.17, 15) is 9.59 Å². The van der Waals surface area contributed by atoms with Gasteiger partial charge >= 0.3 is 0 Å². The Morgan fingerprint density at radius 1 is 1.23 bits per heavy atom. The Morgan fingerprint density at radius 2 is 2.00 bits per heavy atom.